The Morgan fingerprint density at radius 2 is 1.50 bits per heavy atom. The first-order valence-corrected chi connectivity index (χ1v) is 8.24. The molecule has 0 radical (unpaired) electrons. The zero-order valence-electron chi connectivity index (χ0n) is 12.6. The second-order valence-electron chi connectivity index (χ2n) is 7.85. The summed E-state index contributed by atoms with van der Waals surface area (Å²) in [6, 6.07) is 0. The smallest absolute Gasteiger partial charge is 0.0202 e. The van der Waals surface area contributed by atoms with Crippen LogP contribution >= 0.6 is 0 Å². The van der Waals surface area contributed by atoms with Gasteiger partial charge in [0.05, 0.1) is 0 Å². The summed E-state index contributed by atoms with van der Waals surface area (Å²) >= 11 is 0. The van der Waals surface area contributed by atoms with E-state index in [2.05, 4.69) is 39.8 Å². The molecule has 4 bridgehead atoms. The minimum Gasteiger partial charge on any atom is -0.0851 e. The summed E-state index contributed by atoms with van der Waals surface area (Å²) in [5.41, 5.74) is 0. The van der Waals surface area contributed by atoms with Crippen LogP contribution in [-0.4, -0.2) is 0 Å². The fourth-order valence-electron chi connectivity index (χ4n) is 5.37. The third kappa shape index (κ3) is 2.06. The van der Waals surface area contributed by atoms with Crippen LogP contribution in [0.4, 0.5) is 0 Å². The highest BCUT2D eigenvalue weighted by Crippen LogP contribution is 2.54. The van der Waals surface area contributed by atoms with E-state index in [9.17, 15) is 0 Å². The molecule has 0 aromatic carbocycles. The fraction of sp³-hybridized carbons (Fsp3) is 0.889. The van der Waals surface area contributed by atoms with Crippen molar-refractivity contribution < 1.29 is 0 Å². The van der Waals surface area contributed by atoms with Crippen LogP contribution in [0.3, 0.4) is 0 Å². The first-order valence-electron chi connectivity index (χ1n) is 8.24. The molecule has 18 heavy (non-hydrogen) atoms. The van der Waals surface area contributed by atoms with Gasteiger partial charge in [-0.05, 0) is 73.0 Å². The fourth-order valence-corrected chi connectivity index (χ4v) is 5.37. The van der Waals surface area contributed by atoms with Crippen molar-refractivity contribution >= 4 is 0 Å². The van der Waals surface area contributed by atoms with E-state index in [4.69, 9.17) is 0 Å². The number of hydrogen-bond acceptors (Lipinski definition) is 0. The normalized spacial score (nSPS) is 55.8. The zero-order chi connectivity index (χ0) is 12.9. The van der Waals surface area contributed by atoms with E-state index in [1.54, 1.807) is 6.42 Å². The van der Waals surface area contributed by atoms with Gasteiger partial charge in [-0.2, -0.15) is 0 Å². The van der Waals surface area contributed by atoms with E-state index in [0.29, 0.717) is 0 Å². The van der Waals surface area contributed by atoms with Crippen molar-refractivity contribution in [2.24, 2.45) is 47.3 Å². The van der Waals surface area contributed by atoms with E-state index in [1.165, 1.54) is 19.3 Å². The Hall–Kier alpha value is -0.260. The van der Waals surface area contributed by atoms with E-state index < -0.39 is 0 Å². The summed E-state index contributed by atoms with van der Waals surface area (Å²) in [6.07, 6.45) is 10.8. The van der Waals surface area contributed by atoms with Crippen LogP contribution in [0.2, 0.25) is 0 Å². The summed E-state index contributed by atoms with van der Waals surface area (Å²) in [7, 11) is 0. The number of fused-ring (bicyclic) bond motifs is 4. The molecule has 4 aliphatic carbocycles. The highest BCUT2D eigenvalue weighted by Gasteiger charge is 2.46. The molecule has 0 spiro atoms. The Morgan fingerprint density at radius 3 is 1.83 bits per heavy atom. The van der Waals surface area contributed by atoms with E-state index in [-0.39, 0.29) is 0 Å². The van der Waals surface area contributed by atoms with Gasteiger partial charge in [0.1, 0.15) is 0 Å². The largest absolute Gasteiger partial charge is 0.0851 e. The average molecular weight is 246 g/mol. The molecular weight excluding hydrogens is 216 g/mol. The highest BCUT2D eigenvalue weighted by molar-refractivity contribution is 5.08. The van der Waals surface area contributed by atoms with Gasteiger partial charge in [0.15, 0.2) is 0 Å². The van der Waals surface area contributed by atoms with Crippen LogP contribution in [0, 0.1) is 47.3 Å². The van der Waals surface area contributed by atoms with Crippen molar-refractivity contribution in [1.82, 2.24) is 0 Å². The molecule has 102 valence electrons. The molecule has 0 saturated heterocycles. The number of rotatable bonds is 0. The lowest BCUT2D eigenvalue weighted by atomic mass is 9.77. The molecule has 0 aliphatic heterocycles. The van der Waals surface area contributed by atoms with Gasteiger partial charge in [-0.25, -0.2) is 0 Å². The van der Waals surface area contributed by atoms with Crippen molar-refractivity contribution in [3.63, 3.8) is 0 Å². The second kappa shape index (κ2) is 4.69. The molecule has 0 heteroatoms. The molecule has 3 fully saturated rings. The molecule has 8 unspecified atom stereocenters. The predicted octanol–water partition coefficient (Wildman–Crippen LogP) is 5.15. The predicted molar refractivity (Wildman–Crippen MR) is 78.2 cm³/mol. The van der Waals surface area contributed by atoms with Crippen molar-refractivity contribution in [3.8, 4) is 0 Å². The summed E-state index contributed by atoms with van der Waals surface area (Å²) in [4.78, 5) is 0. The molecule has 0 amide bonds. The van der Waals surface area contributed by atoms with Gasteiger partial charge >= 0.3 is 0 Å². The molecule has 3 saturated carbocycles. The average Bonchev–Trinajstić information content (AvgIpc) is 3.05. The Kier molecular flexibility index (Phi) is 3.32. The second-order valence-corrected chi connectivity index (χ2v) is 7.85. The van der Waals surface area contributed by atoms with Crippen LogP contribution < -0.4 is 0 Å². The topological polar surface area (TPSA) is 0 Å². The monoisotopic (exact) mass is 246 g/mol. The standard InChI is InChI=1S/C10H18.C8H12/c1-6-4-9-5-10(6)8(3)7(9)2;1-6-4-7-2-3-8(6)5-7/h6-10H,4-5H2,1-3H3;2-3,6-8H,4-5H2,1H3. The molecule has 0 N–H and O–H groups in total. The zero-order valence-corrected chi connectivity index (χ0v) is 12.6. The van der Waals surface area contributed by atoms with Crippen LogP contribution in [-0.2, 0) is 0 Å². The highest BCUT2D eigenvalue weighted by atomic mass is 14.5. The van der Waals surface area contributed by atoms with Gasteiger partial charge in [-0.3, -0.25) is 0 Å². The van der Waals surface area contributed by atoms with Gasteiger partial charge < -0.3 is 0 Å². The van der Waals surface area contributed by atoms with Crippen molar-refractivity contribution in [2.75, 3.05) is 0 Å². The third-order valence-corrected chi connectivity index (χ3v) is 6.84. The summed E-state index contributed by atoms with van der Waals surface area (Å²) < 4.78 is 0. The molecule has 4 rings (SSSR count). The van der Waals surface area contributed by atoms with E-state index in [1.807, 2.05) is 0 Å². The lowest BCUT2D eigenvalue weighted by molar-refractivity contribution is 0.201. The molecular formula is C18H30. The third-order valence-electron chi connectivity index (χ3n) is 6.84. The molecule has 4 aliphatic rings. The summed E-state index contributed by atoms with van der Waals surface area (Å²) in [5.74, 6) is 8.18. The summed E-state index contributed by atoms with van der Waals surface area (Å²) in [6.45, 7) is 9.70. The van der Waals surface area contributed by atoms with Crippen molar-refractivity contribution in [3.05, 3.63) is 12.2 Å². The van der Waals surface area contributed by atoms with Crippen LogP contribution in [0.15, 0.2) is 12.2 Å². The Bertz CT molecular complexity index is 327. The van der Waals surface area contributed by atoms with Crippen LogP contribution in [0.25, 0.3) is 0 Å². The van der Waals surface area contributed by atoms with Crippen molar-refractivity contribution in [1.29, 1.82) is 0 Å². The van der Waals surface area contributed by atoms with Gasteiger partial charge in [0, 0.05) is 0 Å². The lowest BCUT2D eigenvalue weighted by Gasteiger charge is -2.29. The number of allylic oxidation sites excluding steroid dienone is 2. The van der Waals surface area contributed by atoms with Crippen LogP contribution in [0.5, 0.6) is 0 Å². The maximum atomic E-state index is 2.45. The number of hydrogen-bond donors (Lipinski definition) is 0. The minimum atomic E-state index is 0.958. The SMILES string of the molecule is CC1CC2C=CC1C2.CC1CC2CC1C(C)C2C. The van der Waals surface area contributed by atoms with Gasteiger partial charge in [-0.15, -0.1) is 0 Å². The maximum absolute atomic E-state index is 2.45. The first-order chi connectivity index (χ1) is 8.56. The molecule has 0 heterocycles. The molecule has 0 nitrogen and oxygen atoms in total. The Labute approximate surface area is 113 Å². The molecule has 0 aromatic heterocycles. The molecule has 0 aromatic rings. The van der Waals surface area contributed by atoms with Gasteiger partial charge in [-0.1, -0.05) is 39.8 Å². The van der Waals surface area contributed by atoms with E-state index in [0.717, 1.165) is 47.3 Å². The lowest BCUT2D eigenvalue weighted by Crippen LogP contribution is -2.22. The van der Waals surface area contributed by atoms with Gasteiger partial charge in [0.25, 0.3) is 0 Å². The molecule has 8 atom stereocenters. The van der Waals surface area contributed by atoms with E-state index >= 15 is 0 Å². The van der Waals surface area contributed by atoms with Crippen molar-refractivity contribution in [2.45, 2.75) is 53.4 Å². The Balaban J connectivity index is 0.000000114. The first kappa shape index (κ1) is 12.8. The minimum absolute atomic E-state index is 0.958. The maximum Gasteiger partial charge on any atom is -0.0202 e. The van der Waals surface area contributed by atoms with Gasteiger partial charge in [0.2, 0.25) is 0 Å². The summed E-state index contributed by atoms with van der Waals surface area (Å²) in [5, 5.41) is 0. The Morgan fingerprint density at radius 1 is 0.722 bits per heavy atom. The quantitative estimate of drug-likeness (QED) is 0.518. The van der Waals surface area contributed by atoms with Crippen LogP contribution in [0.1, 0.15) is 53.4 Å².